The quantitative estimate of drug-likeness (QED) is 0.699. The minimum absolute atomic E-state index is 0.0296. The van der Waals surface area contributed by atoms with E-state index in [1.54, 1.807) is 31.2 Å². The molecule has 98 valence electrons. The van der Waals surface area contributed by atoms with Crippen molar-refractivity contribution >= 4 is 10.0 Å². The van der Waals surface area contributed by atoms with Gasteiger partial charge in [0.15, 0.2) is 0 Å². The number of hydrogen-bond acceptors (Lipinski definition) is 4. The van der Waals surface area contributed by atoms with Gasteiger partial charge in [-0.3, -0.25) is 4.68 Å². The summed E-state index contributed by atoms with van der Waals surface area (Å²) in [7, 11) is 0.111. The Morgan fingerprint density at radius 2 is 2.18 bits per heavy atom. The molecule has 1 N–H and O–H groups in total. The van der Waals surface area contributed by atoms with Crippen LogP contribution in [0.3, 0.4) is 0 Å². The molecule has 1 heterocycles. The molecule has 17 heavy (non-hydrogen) atoms. The number of unbranched alkanes of at least 4 members (excludes halogenated alkanes) is 1. The smallest absolute Gasteiger partial charge is 0.214 e. The average molecular weight is 261 g/mol. The molecule has 0 atom stereocenters. The highest BCUT2D eigenvalue weighted by molar-refractivity contribution is 7.89. The minimum atomic E-state index is -3.24. The molecule has 0 amide bonds. The molecule has 7 heteroatoms. The third-order valence-electron chi connectivity index (χ3n) is 2.45. The maximum absolute atomic E-state index is 11.8. The van der Waals surface area contributed by atoms with Crippen LogP contribution in [0.1, 0.15) is 18.4 Å². The zero-order valence-corrected chi connectivity index (χ0v) is 11.0. The molecule has 0 unspecified atom stereocenters. The highest BCUT2D eigenvalue weighted by Gasteiger charge is 2.17. The molecule has 1 aromatic heterocycles. The van der Waals surface area contributed by atoms with Crippen molar-refractivity contribution in [2.45, 2.75) is 19.4 Å². The molecular weight excluding hydrogens is 242 g/mol. The average Bonchev–Trinajstić information content (AvgIpc) is 2.64. The van der Waals surface area contributed by atoms with Crippen LogP contribution in [0, 0.1) is 0 Å². The summed E-state index contributed by atoms with van der Waals surface area (Å²) in [5.74, 6) is 0.0737. The van der Waals surface area contributed by atoms with Crippen molar-refractivity contribution in [3.63, 3.8) is 0 Å². The first-order valence-electron chi connectivity index (χ1n) is 5.48. The topological polar surface area (TPSA) is 75.4 Å². The maximum Gasteiger partial charge on any atom is 0.214 e. The van der Waals surface area contributed by atoms with Gasteiger partial charge >= 0.3 is 0 Å². The minimum Gasteiger partial charge on any atom is -0.396 e. The maximum atomic E-state index is 11.8. The predicted octanol–water partition coefficient (Wildman–Crippen LogP) is -0.0458. The van der Waals surface area contributed by atoms with Gasteiger partial charge in [0.25, 0.3) is 0 Å². The fourth-order valence-electron chi connectivity index (χ4n) is 1.46. The second-order valence-corrected chi connectivity index (χ2v) is 6.22. The van der Waals surface area contributed by atoms with Crippen LogP contribution in [-0.4, -0.2) is 47.0 Å². The number of nitrogens with zero attached hydrogens (tertiary/aromatic N) is 3. The van der Waals surface area contributed by atoms with Gasteiger partial charge in [-0.05, 0) is 12.8 Å². The van der Waals surface area contributed by atoms with Crippen LogP contribution in [0.15, 0.2) is 12.4 Å². The number of hydrogen-bond donors (Lipinski definition) is 1. The van der Waals surface area contributed by atoms with Crippen molar-refractivity contribution in [3.8, 4) is 0 Å². The van der Waals surface area contributed by atoms with E-state index in [4.69, 9.17) is 5.11 Å². The van der Waals surface area contributed by atoms with Gasteiger partial charge in [-0.25, -0.2) is 12.7 Å². The summed E-state index contributed by atoms with van der Waals surface area (Å²) in [6.07, 6.45) is 4.44. The van der Waals surface area contributed by atoms with Crippen molar-refractivity contribution in [2.24, 2.45) is 7.05 Å². The van der Waals surface area contributed by atoms with Gasteiger partial charge in [-0.2, -0.15) is 5.10 Å². The highest BCUT2D eigenvalue weighted by atomic mass is 32.2. The van der Waals surface area contributed by atoms with E-state index < -0.39 is 10.0 Å². The summed E-state index contributed by atoms with van der Waals surface area (Å²) in [6, 6.07) is 0. The summed E-state index contributed by atoms with van der Waals surface area (Å²) in [5, 5.41) is 12.6. The Kier molecular flexibility index (Phi) is 5.10. The lowest BCUT2D eigenvalue weighted by molar-refractivity contribution is 0.287. The lowest BCUT2D eigenvalue weighted by Gasteiger charge is -2.15. The Balaban J connectivity index is 2.53. The van der Waals surface area contributed by atoms with Gasteiger partial charge in [0, 0.05) is 39.0 Å². The van der Waals surface area contributed by atoms with Crippen molar-refractivity contribution in [1.82, 2.24) is 14.1 Å². The van der Waals surface area contributed by atoms with E-state index in [2.05, 4.69) is 5.10 Å². The fourth-order valence-corrected chi connectivity index (χ4v) is 2.69. The SMILES string of the molecule is CN(Cc1cnn(C)c1)S(=O)(=O)CCCCO. The number of sulfonamides is 1. The largest absolute Gasteiger partial charge is 0.396 e. The van der Waals surface area contributed by atoms with Gasteiger partial charge in [-0.15, -0.1) is 0 Å². The third-order valence-corrected chi connectivity index (χ3v) is 4.33. The lowest BCUT2D eigenvalue weighted by atomic mass is 10.4. The number of aliphatic hydroxyl groups is 1. The van der Waals surface area contributed by atoms with E-state index in [1.165, 1.54) is 4.31 Å². The summed E-state index contributed by atoms with van der Waals surface area (Å²) >= 11 is 0. The zero-order valence-electron chi connectivity index (χ0n) is 10.2. The van der Waals surface area contributed by atoms with Gasteiger partial charge in [-0.1, -0.05) is 0 Å². The van der Waals surface area contributed by atoms with Crippen molar-refractivity contribution in [1.29, 1.82) is 0 Å². The Morgan fingerprint density at radius 1 is 1.47 bits per heavy atom. The second-order valence-electron chi connectivity index (χ2n) is 4.03. The number of aliphatic hydroxyl groups excluding tert-OH is 1. The standard InChI is InChI=1S/C10H19N3O3S/c1-12-8-10(7-11-12)9-13(2)17(15,16)6-4-3-5-14/h7-8,14H,3-6,9H2,1-2H3. The van der Waals surface area contributed by atoms with E-state index in [1.807, 2.05) is 0 Å². The Morgan fingerprint density at radius 3 is 2.71 bits per heavy atom. The van der Waals surface area contributed by atoms with Gasteiger partial charge < -0.3 is 5.11 Å². The molecule has 0 fully saturated rings. The molecule has 0 aliphatic carbocycles. The van der Waals surface area contributed by atoms with Crippen LogP contribution in [0.4, 0.5) is 0 Å². The lowest BCUT2D eigenvalue weighted by Crippen LogP contribution is -2.28. The summed E-state index contributed by atoms with van der Waals surface area (Å²) in [4.78, 5) is 0. The summed E-state index contributed by atoms with van der Waals surface area (Å²) in [5.41, 5.74) is 0.862. The first-order valence-corrected chi connectivity index (χ1v) is 7.09. The van der Waals surface area contributed by atoms with Crippen LogP contribution in [0.25, 0.3) is 0 Å². The Bertz CT molecular complexity index is 441. The van der Waals surface area contributed by atoms with Crippen LogP contribution in [-0.2, 0) is 23.6 Å². The van der Waals surface area contributed by atoms with Crippen LogP contribution >= 0.6 is 0 Å². The second kappa shape index (κ2) is 6.13. The molecule has 0 aliphatic rings. The van der Waals surface area contributed by atoms with E-state index >= 15 is 0 Å². The number of aromatic nitrogens is 2. The Labute approximate surface area is 102 Å². The molecule has 0 saturated heterocycles. The van der Waals surface area contributed by atoms with Gasteiger partial charge in [0.2, 0.25) is 10.0 Å². The molecule has 6 nitrogen and oxygen atoms in total. The number of aryl methyl sites for hydroxylation is 1. The van der Waals surface area contributed by atoms with E-state index in [0.717, 1.165) is 5.56 Å². The monoisotopic (exact) mass is 261 g/mol. The van der Waals surface area contributed by atoms with Gasteiger partial charge in [0.1, 0.15) is 0 Å². The van der Waals surface area contributed by atoms with Crippen LogP contribution < -0.4 is 0 Å². The van der Waals surface area contributed by atoms with Crippen LogP contribution in [0.2, 0.25) is 0 Å². The summed E-state index contributed by atoms with van der Waals surface area (Å²) < 4.78 is 26.6. The number of rotatable bonds is 7. The first-order chi connectivity index (χ1) is 7.95. The highest BCUT2D eigenvalue weighted by Crippen LogP contribution is 2.08. The van der Waals surface area contributed by atoms with E-state index in [-0.39, 0.29) is 12.4 Å². The molecule has 0 spiro atoms. The molecule has 0 radical (unpaired) electrons. The summed E-state index contributed by atoms with van der Waals surface area (Å²) in [6.45, 7) is 0.358. The first kappa shape index (κ1) is 14.1. The Hall–Kier alpha value is -0.920. The third kappa shape index (κ3) is 4.45. The molecule has 0 saturated carbocycles. The van der Waals surface area contributed by atoms with Gasteiger partial charge in [0.05, 0.1) is 11.9 Å². The van der Waals surface area contributed by atoms with Crippen molar-refractivity contribution < 1.29 is 13.5 Å². The van der Waals surface area contributed by atoms with E-state index in [9.17, 15) is 8.42 Å². The van der Waals surface area contributed by atoms with Crippen molar-refractivity contribution in [2.75, 3.05) is 19.4 Å². The normalized spacial score (nSPS) is 12.2. The molecule has 0 aromatic carbocycles. The molecule has 1 rings (SSSR count). The fraction of sp³-hybridized carbons (Fsp3) is 0.700. The molecule has 0 aliphatic heterocycles. The molecule has 1 aromatic rings. The predicted molar refractivity (Wildman–Crippen MR) is 64.8 cm³/mol. The molecular formula is C10H19N3O3S. The van der Waals surface area contributed by atoms with Crippen LogP contribution in [0.5, 0.6) is 0 Å². The van der Waals surface area contributed by atoms with E-state index in [0.29, 0.717) is 19.4 Å². The zero-order chi connectivity index (χ0) is 12.9. The van der Waals surface area contributed by atoms with Crippen molar-refractivity contribution in [3.05, 3.63) is 18.0 Å². The molecule has 0 bridgehead atoms.